The zero-order valence-electron chi connectivity index (χ0n) is 25.1. The average Bonchev–Trinajstić information content (AvgIpc) is 3.89. The number of nitrogens with zero attached hydrogens (tertiary/aromatic N) is 2. The summed E-state index contributed by atoms with van der Waals surface area (Å²) in [5.41, 5.74) is -1.12. The smallest absolute Gasteiger partial charge is 0.354 e. The van der Waals surface area contributed by atoms with Gasteiger partial charge in [0.05, 0.1) is 0 Å². The minimum Gasteiger partial charge on any atom is -0.354 e. The van der Waals surface area contributed by atoms with Crippen LogP contribution in [0.4, 0.5) is 35.1 Å². The van der Waals surface area contributed by atoms with Crippen molar-refractivity contribution in [1.82, 2.24) is 9.13 Å². The first kappa shape index (κ1) is 39.0. The molecule has 2 heterocycles. The van der Waals surface area contributed by atoms with Crippen LogP contribution in [0.5, 0.6) is 0 Å². The Morgan fingerprint density at radius 2 is 0.723 bits per heavy atom. The SMILES string of the molecule is Fc1[c-]c(F)c(F)c(CCCn2cccc2)c1F.Fc1[c-]c(F)c(F)c(CCCn2cccc2)c1F.[Ti+4].c1cc[cH-]c1.c1cc[cH-]c1. The van der Waals surface area contributed by atoms with Gasteiger partial charge in [-0.05, 0) is 49.9 Å². The van der Waals surface area contributed by atoms with E-state index < -0.39 is 57.7 Å². The monoisotopic (exact) mass is 690 g/mol. The van der Waals surface area contributed by atoms with Crippen molar-refractivity contribution in [2.75, 3.05) is 0 Å². The van der Waals surface area contributed by atoms with Crippen molar-refractivity contribution >= 4 is 0 Å². The van der Waals surface area contributed by atoms with Crippen LogP contribution in [0.25, 0.3) is 0 Å². The fourth-order valence-corrected chi connectivity index (χ4v) is 4.13. The molecule has 0 aliphatic heterocycles. The molecule has 0 amide bonds. The molecule has 0 saturated heterocycles. The molecule has 0 atom stereocenters. The molecule has 2 nitrogen and oxygen atoms in total. The molecule has 6 aromatic rings. The number of benzene rings is 2. The van der Waals surface area contributed by atoms with Crippen molar-refractivity contribution in [3.63, 3.8) is 0 Å². The Hall–Kier alpha value is -4.15. The summed E-state index contributed by atoms with van der Waals surface area (Å²) in [6.07, 6.45) is 7.81. The Kier molecular flexibility index (Phi) is 17.3. The molecule has 47 heavy (non-hydrogen) atoms. The van der Waals surface area contributed by atoms with Crippen molar-refractivity contribution in [2.45, 2.75) is 38.8 Å². The maximum absolute atomic E-state index is 13.3. The summed E-state index contributed by atoms with van der Waals surface area (Å²) in [6, 6.07) is 30.0. The van der Waals surface area contributed by atoms with E-state index in [1.807, 2.05) is 94.1 Å². The minimum atomic E-state index is -1.48. The van der Waals surface area contributed by atoms with Crippen LogP contribution in [0.1, 0.15) is 24.0 Å². The van der Waals surface area contributed by atoms with Crippen LogP contribution in [-0.4, -0.2) is 9.13 Å². The van der Waals surface area contributed by atoms with Crippen molar-refractivity contribution in [2.24, 2.45) is 0 Å². The Morgan fingerprint density at radius 1 is 0.447 bits per heavy atom. The van der Waals surface area contributed by atoms with E-state index in [-0.39, 0.29) is 34.6 Å². The molecule has 244 valence electrons. The summed E-state index contributed by atoms with van der Waals surface area (Å²) < 4.78 is 108. The summed E-state index contributed by atoms with van der Waals surface area (Å²) >= 11 is 0. The molecular formula is C36H30F8N2Ti. The standard InChI is InChI=1S/2C13H10F4N.2C5H5.Ti/c2*14-10-8-11(15)13(17)9(12(10)16)4-3-7-18-5-1-2-6-18;2*1-2-4-5-3-1;/h2*1-2,5-6H,3-4,7H2;2*1-5H;/q4*-1;+4. The molecule has 0 fully saturated rings. The Balaban J connectivity index is 0.000000248. The maximum Gasteiger partial charge on any atom is 4.00 e. The molecule has 6 rings (SSSR count). The van der Waals surface area contributed by atoms with Gasteiger partial charge < -0.3 is 9.13 Å². The van der Waals surface area contributed by atoms with Gasteiger partial charge in [-0.15, -0.1) is 12.1 Å². The largest absolute Gasteiger partial charge is 4.00 e. The van der Waals surface area contributed by atoms with E-state index in [0.29, 0.717) is 25.9 Å². The summed E-state index contributed by atoms with van der Waals surface area (Å²) in [6.45, 7) is 1.04. The predicted molar refractivity (Wildman–Crippen MR) is 160 cm³/mol. The first-order valence-corrected chi connectivity index (χ1v) is 14.2. The summed E-state index contributed by atoms with van der Waals surface area (Å²) in [7, 11) is 0. The van der Waals surface area contributed by atoms with E-state index >= 15 is 0 Å². The van der Waals surface area contributed by atoms with Crippen LogP contribution < -0.4 is 0 Å². The van der Waals surface area contributed by atoms with Gasteiger partial charge in [-0.2, -0.15) is 36.4 Å². The third kappa shape index (κ3) is 12.9. The van der Waals surface area contributed by atoms with E-state index in [1.54, 1.807) is 24.8 Å². The van der Waals surface area contributed by atoms with Gasteiger partial charge in [0.15, 0.2) is 0 Å². The van der Waals surface area contributed by atoms with Crippen LogP contribution in [0, 0.1) is 58.7 Å². The van der Waals surface area contributed by atoms with Gasteiger partial charge in [0, 0.05) is 84.4 Å². The summed E-state index contributed by atoms with van der Waals surface area (Å²) in [5, 5.41) is 0. The van der Waals surface area contributed by atoms with E-state index in [2.05, 4.69) is 0 Å². The fraction of sp³-hybridized carbons (Fsp3) is 0.167. The molecule has 4 aromatic carbocycles. The van der Waals surface area contributed by atoms with E-state index in [1.165, 1.54) is 12.1 Å². The van der Waals surface area contributed by atoms with Gasteiger partial charge >= 0.3 is 21.7 Å². The normalized spacial score (nSPS) is 10.0. The van der Waals surface area contributed by atoms with Gasteiger partial charge in [0.25, 0.3) is 0 Å². The molecule has 11 heteroatoms. The van der Waals surface area contributed by atoms with Gasteiger partial charge in [-0.1, -0.05) is 11.1 Å². The van der Waals surface area contributed by atoms with E-state index in [0.717, 1.165) is 0 Å². The molecule has 0 saturated carbocycles. The summed E-state index contributed by atoms with van der Waals surface area (Å²) in [5.74, 6) is -11.4. The number of rotatable bonds is 8. The molecule has 0 spiro atoms. The second-order valence-electron chi connectivity index (χ2n) is 9.69. The third-order valence-corrected chi connectivity index (χ3v) is 6.40. The molecule has 0 N–H and O–H groups in total. The van der Waals surface area contributed by atoms with Crippen molar-refractivity contribution in [3.05, 3.63) is 180 Å². The van der Waals surface area contributed by atoms with E-state index in [4.69, 9.17) is 0 Å². The third-order valence-electron chi connectivity index (χ3n) is 6.40. The molecular weight excluding hydrogens is 660 g/mol. The van der Waals surface area contributed by atoms with Crippen LogP contribution >= 0.6 is 0 Å². The van der Waals surface area contributed by atoms with Gasteiger partial charge in [0.1, 0.15) is 0 Å². The van der Waals surface area contributed by atoms with E-state index in [9.17, 15) is 35.1 Å². The summed E-state index contributed by atoms with van der Waals surface area (Å²) in [4.78, 5) is 0. The Labute approximate surface area is 283 Å². The number of aromatic nitrogens is 2. The average molecular weight is 691 g/mol. The minimum absolute atomic E-state index is 0. The van der Waals surface area contributed by atoms with Gasteiger partial charge in [-0.3, -0.25) is 17.6 Å². The first-order valence-electron chi connectivity index (χ1n) is 14.2. The van der Waals surface area contributed by atoms with Crippen LogP contribution in [0.3, 0.4) is 0 Å². The molecule has 0 unspecified atom stereocenters. The first-order chi connectivity index (χ1) is 22.2. The van der Waals surface area contributed by atoms with Gasteiger partial charge in [-0.25, -0.2) is 41.8 Å². The number of hydrogen-bond donors (Lipinski definition) is 0. The molecule has 2 aromatic heterocycles. The van der Waals surface area contributed by atoms with Gasteiger partial charge in [0.2, 0.25) is 0 Å². The second kappa shape index (κ2) is 20.9. The quantitative estimate of drug-likeness (QED) is 0.0652. The Bertz CT molecular complexity index is 1450. The van der Waals surface area contributed by atoms with Crippen LogP contribution in [0.15, 0.2) is 110 Å². The van der Waals surface area contributed by atoms with Crippen LogP contribution in [-0.2, 0) is 47.6 Å². The van der Waals surface area contributed by atoms with Crippen molar-refractivity contribution in [3.8, 4) is 0 Å². The molecule has 0 aliphatic carbocycles. The fourth-order valence-electron chi connectivity index (χ4n) is 4.13. The zero-order chi connectivity index (χ0) is 33.3. The number of halogens is 8. The number of hydrogen-bond acceptors (Lipinski definition) is 0. The van der Waals surface area contributed by atoms with Crippen LogP contribution in [0.2, 0.25) is 0 Å². The Morgan fingerprint density at radius 3 is 0.957 bits per heavy atom. The molecule has 0 radical (unpaired) electrons. The maximum atomic E-state index is 13.3. The van der Waals surface area contributed by atoms with Crippen molar-refractivity contribution < 1.29 is 56.8 Å². The predicted octanol–water partition coefficient (Wildman–Crippen LogP) is 9.76. The second-order valence-corrected chi connectivity index (χ2v) is 9.69. The topological polar surface area (TPSA) is 9.86 Å². The van der Waals surface area contributed by atoms with Crippen molar-refractivity contribution in [1.29, 1.82) is 0 Å². The molecule has 0 aliphatic rings. The zero-order valence-corrected chi connectivity index (χ0v) is 26.6. The number of aryl methyl sites for hydroxylation is 2. The molecule has 0 bridgehead atoms.